The fourth-order valence-corrected chi connectivity index (χ4v) is 5.24. The molecule has 0 radical (unpaired) electrons. The molecule has 0 fully saturated rings. The number of nitrogens with zero attached hydrogens (tertiary/aromatic N) is 1. The van der Waals surface area contributed by atoms with Gasteiger partial charge in [-0.3, -0.25) is 14.4 Å². The van der Waals surface area contributed by atoms with Crippen LogP contribution in [0.4, 0.5) is 0 Å². The van der Waals surface area contributed by atoms with Gasteiger partial charge < -0.3 is 23.5 Å². The molecule has 0 N–H and O–H groups in total. The van der Waals surface area contributed by atoms with Crippen molar-refractivity contribution in [3.8, 4) is 23.0 Å². The highest BCUT2D eigenvalue weighted by Crippen LogP contribution is 2.49. The molecule has 0 aliphatic carbocycles. The highest BCUT2D eigenvalue weighted by molar-refractivity contribution is 6.15. The molecule has 0 spiro atoms. The average Bonchev–Trinajstić information content (AvgIpc) is 3.24. The topological polar surface area (TPSA) is 93.1 Å². The van der Waals surface area contributed by atoms with E-state index in [1.54, 1.807) is 54.1 Å². The number of rotatable bonds is 4. The van der Waals surface area contributed by atoms with Gasteiger partial charge in [0.15, 0.2) is 17.3 Å². The summed E-state index contributed by atoms with van der Waals surface area (Å²) in [5.41, 5.74) is 2.42. The predicted octanol–water partition coefficient (Wildman–Crippen LogP) is 4.61. The number of carbonyl (C=O) groups is 2. The number of esters is 1. The van der Waals surface area contributed by atoms with Gasteiger partial charge in [-0.25, -0.2) is 0 Å². The molecule has 2 aliphatic heterocycles. The van der Waals surface area contributed by atoms with Gasteiger partial charge in [-0.15, -0.1) is 0 Å². The van der Waals surface area contributed by atoms with Gasteiger partial charge in [0.2, 0.25) is 5.78 Å². The second-order valence-corrected chi connectivity index (χ2v) is 9.13. The summed E-state index contributed by atoms with van der Waals surface area (Å²) in [6.07, 6.45) is 1.53. The summed E-state index contributed by atoms with van der Waals surface area (Å²) in [7, 11) is 4.76. The van der Waals surface area contributed by atoms with Crippen LogP contribution in [-0.4, -0.2) is 30.5 Å². The Balaban J connectivity index is 1.51. The molecule has 8 nitrogen and oxygen atoms in total. The van der Waals surface area contributed by atoms with Crippen molar-refractivity contribution < 1.29 is 28.5 Å². The summed E-state index contributed by atoms with van der Waals surface area (Å²) in [5, 5.41) is 0.861. The van der Waals surface area contributed by atoms with Crippen LogP contribution < -0.4 is 24.5 Å². The van der Waals surface area contributed by atoms with E-state index >= 15 is 0 Å². The Morgan fingerprint density at radius 3 is 2.55 bits per heavy atom. The van der Waals surface area contributed by atoms with E-state index < -0.39 is 11.9 Å². The molecule has 8 heteroatoms. The van der Waals surface area contributed by atoms with E-state index in [1.807, 2.05) is 24.3 Å². The number of methoxy groups -OCH3 is 2. The number of fused-ring (bicyclic) bond motifs is 4. The summed E-state index contributed by atoms with van der Waals surface area (Å²) in [6, 6.07) is 17.8. The number of aryl methyl sites for hydroxylation is 1. The van der Waals surface area contributed by atoms with E-state index in [9.17, 15) is 14.4 Å². The minimum absolute atomic E-state index is 0.0582. The highest BCUT2D eigenvalue weighted by Gasteiger charge is 2.39. The maximum Gasteiger partial charge on any atom is 0.312 e. The van der Waals surface area contributed by atoms with E-state index in [2.05, 4.69) is 0 Å². The number of carbonyl (C=O) groups excluding carboxylic acids is 2. The SMILES string of the molecule is COc1cccc(/C=C2\Oc3c(ccc4c3[C@H](c3cc5ccccc5n(C)c3=O)CC(=O)O4)C2=O)c1OC. The van der Waals surface area contributed by atoms with Crippen LogP contribution in [0.1, 0.15) is 39.4 Å². The molecular formula is C30H23NO7. The Labute approximate surface area is 217 Å². The minimum Gasteiger partial charge on any atom is -0.493 e. The van der Waals surface area contributed by atoms with Gasteiger partial charge in [0.05, 0.1) is 31.7 Å². The smallest absolute Gasteiger partial charge is 0.312 e. The molecule has 1 atom stereocenters. The minimum atomic E-state index is -0.650. The molecule has 0 unspecified atom stereocenters. The number of para-hydroxylation sites is 2. The third kappa shape index (κ3) is 3.56. The van der Waals surface area contributed by atoms with Crippen molar-refractivity contribution in [1.29, 1.82) is 0 Å². The van der Waals surface area contributed by atoms with Gasteiger partial charge in [0.25, 0.3) is 5.56 Å². The number of aromatic nitrogens is 1. The molecule has 2 aliphatic rings. The summed E-state index contributed by atoms with van der Waals surface area (Å²) in [5.74, 6) is 0.185. The molecule has 6 rings (SSSR count). The fourth-order valence-electron chi connectivity index (χ4n) is 5.24. The lowest BCUT2D eigenvalue weighted by Gasteiger charge is -2.26. The third-order valence-electron chi connectivity index (χ3n) is 7.04. The van der Waals surface area contributed by atoms with Gasteiger partial charge in [0, 0.05) is 29.7 Å². The Morgan fingerprint density at radius 1 is 0.947 bits per heavy atom. The Hall–Kier alpha value is -4.85. The lowest BCUT2D eigenvalue weighted by molar-refractivity contribution is -0.135. The molecular weight excluding hydrogens is 486 g/mol. The van der Waals surface area contributed by atoms with Crippen molar-refractivity contribution in [2.45, 2.75) is 12.3 Å². The van der Waals surface area contributed by atoms with Crippen LogP contribution in [0.5, 0.6) is 23.0 Å². The predicted molar refractivity (Wildman–Crippen MR) is 140 cm³/mol. The van der Waals surface area contributed by atoms with Crippen molar-refractivity contribution in [3.63, 3.8) is 0 Å². The molecule has 0 saturated carbocycles. The number of allylic oxidation sites excluding steroid dienone is 1. The molecule has 38 heavy (non-hydrogen) atoms. The monoisotopic (exact) mass is 509 g/mol. The van der Waals surface area contributed by atoms with E-state index in [0.717, 1.165) is 10.9 Å². The molecule has 0 saturated heterocycles. The van der Waals surface area contributed by atoms with Gasteiger partial charge in [-0.2, -0.15) is 0 Å². The summed E-state index contributed by atoms with van der Waals surface area (Å²) in [6.45, 7) is 0. The Morgan fingerprint density at radius 2 is 1.76 bits per heavy atom. The number of hydrogen-bond donors (Lipinski definition) is 0. The average molecular weight is 510 g/mol. The first-order chi connectivity index (χ1) is 18.4. The largest absolute Gasteiger partial charge is 0.493 e. The molecule has 3 heterocycles. The van der Waals surface area contributed by atoms with Crippen LogP contribution in [0, 0.1) is 0 Å². The van der Waals surface area contributed by atoms with Crippen molar-refractivity contribution in [2.24, 2.45) is 7.05 Å². The number of ketones is 1. The second-order valence-electron chi connectivity index (χ2n) is 9.13. The zero-order valence-corrected chi connectivity index (χ0v) is 20.9. The van der Waals surface area contributed by atoms with Crippen LogP contribution in [0.15, 0.2) is 71.2 Å². The quantitative estimate of drug-likeness (QED) is 0.225. The maximum atomic E-state index is 13.5. The number of benzene rings is 3. The van der Waals surface area contributed by atoms with Crippen LogP contribution in [0.3, 0.4) is 0 Å². The van der Waals surface area contributed by atoms with Crippen LogP contribution in [0.25, 0.3) is 17.0 Å². The first kappa shape index (κ1) is 23.5. The van der Waals surface area contributed by atoms with Crippen molar-refractivity contribution in [2.75, 3.05) is 14.2 Å². The highest BCUT2D eigenvalue weighted by atomic mass is 16.5. The molecule has 3 aromatic carbocycles. The zero-order valence-electron chi connectivity index (χ0n) is 20.9. The van der Waals surface area contributed by atoms with E-state index in [4.69, 9.17) is 18.9 Å². The molecule has 0 amide bonds. The summed E-state index contributed by atoms with van der Waals surface area (Å²) in [4.78, 5) is 39.5. The van der Waals surface area contributed by atoms with Crippen molar-refractivity contribution >= 4 is 28.7 Å². The van der Waals surface area contributed by atoms with Crippen molar-refractivity contribution in [3.05, 3.63) is 99.0 Å². The lowest BCUT2D eigenvalue weighted by Crippen LogP contribution is -2.29. The second kappa shape index (κ2) is 8.92. The van der Waals surface area contributed by atoms with Gasteiger partial charge in [-0.05, 0) is 41.8 Å². The van der Waals surface area contributed by atoms with Gasteiger partial charge >= 0.3 is 5.97 Å². The molecule has 1 aromatic heterocycles. The summed E-state index contributed by atoms with van der Waals surface area (Å²) >= 11 is 0. The third-order valence-corrected chi connectivity index (χ3v) is 7.04. The standard InChI is InChI=1S/C30H23NO7/c1-31-21-9-5-4-7-16(21)13-20(30(31)34)19-15-25(32)37-22-12-11-18-27(33)24(38-29(18)26(19)22)14-17-8-6-10-23(35-2)28(17)36-3/h4-14,19H,15H2,1-3H3/b24-14-/t19-/m0/s1. The Bertz CT molecular complexity index is 1750. The number of ether oxygens (including phenoxy) is 4. The maximum absolute atomic E-state index is 13.5. The first-order valence-electron chi connectivity index (χ1n) is 12.0. The molecule has 0 bridgehead atoms. The Kier molecular flexibility index (Phi) is 5.52. The van der Waals surface area contributed by atoms with E-state index in [-0.39, 0.29) is 35.0 Å². The van der Waals surface area contributed by atoms with Gasteiger partial charge in [0.1, 0.15) is 11.5 Å². The van der Waals surface area contributed by atoms with E-state index in [0.29, 0.717) is 33.8 Å². The zero-order chi connectivity index (χ0) is 26.6. The summed E-state index contributed by atoms with van der Waals surface area (Å²) < 4.78 is 24.1. The van der Waals surface area contributed by atoms with Crippen LogP contribution >= 0.6 is 0 Å². The van der Waals surface area contributed by atoms with Crippen LogP contribution in [-0.2, 0) is 11.8 Å². The van der Waals surface area contributed by atoms with Crippen LogP contribution in [0.2, 0.25) is 0 Å². The number of hydrogen-bond acceptors (Lipinski definition) is 7. The number of pyridine rings is 1. The van der Waals surface area contributed by atoms with E-state index in [1.165, 1.54) is 14.2 Å². The normalized spacial score (nSPS) is 17.1. The molecule has 190 valence electrons. The first-order valence-corrected chi connectivity index (χ1v) is 12.0. The number of Topliss-reactive ketones (excluding diaryl/α,β-unsaturated/α-hetero) is 1. The van der Waals surface area contributed by atoms with Gasteiger partial charge in [-0.1, -0.05) is 30.3 Å². The molecule has 4 aromatic rings. The van der Waals surface area contributed by atoms with Crippen molar-refractivity contribution in [1.82, 2.24) is 4.57 Å². The fraction of sp³-hybridized carbons (Fsp3) is 0.167. The lowest BCUT2D eigenvalue weighted by atomic mass is 9.84.